The number of non-ortho nitro benzene ring substituents is 1. The van der Waals surface area contributed by atoms with Gasteiger partial charge in [-0.05, 0) is 36.8 Å². The normalized spacial score (nSPS) is 15.5. The second kappa shape index (κ2) is 8.66. The van der Waals surface area contributed by atoms with E-state index < -0.39 is 28.4 Å². The molecule has 3 aromatic rings. The van der Waals surface area contributed by atoms with Crippen molar-refractivity contribution in [1.82, 2.24) is 15.0 Å². The maximum atomic E-state index is 15.2. The molecule has 0 bridgehead atoms. The number of nitrogens with one attached hydrogen (secondary N) is 1. The molecule has 0 fully saturated rings. The van der Waals surface area contributed by atoms with Crippen LogP contribution in [0, 0.1) is 17.0 Å². The number of carbonyl (C=O) groups excluding carboxylic acids is 1. The fourth-order valence-corrected chi connectivity index (χ4v) is 3.83. The Bertz CT molecular complexity index is 1420. The van der Waals surface area contributed by atoms with E-state index in [4.69, 9.17) is 0 Å². The lowest BCUT2D eigenvalue weighted by atomic mass is 9.83. The number of rotatable bonds is 6. The van der Waals surface area contributed by atoms with Crippen molar-refractivity contribution >= 4 is 29.1 Å². The third-order valence-electron chi connectivity index (χ3n) is 5.39. The quantitative estimate of drug-likeness (QED) is 0.404. The van der Waals surface area contributed by atoms with E-state index in [1.165, 1.54) is 48.7 Å². The van der Waals surface area contributed by atoms with Crippen LogP contribution < -0.4 is 0 Å². The lowest BCUT2D eigenvalue weighted by Crippen LogP contribution is -2.19. The molecular weight excluding hydrogens is 443 g/mol. The lowest BCUT2D eigenvalue weighted by molar-refractivity contribution is -0.384. The zero-order chi connectivity index (χ0) is 24.6. The molecule has 1 aromatic carbocycles. The van der Waals surface area contributed by atoms with Crippen molar-refractivity contribution in [3.63, 3.8) is 0 Å². The van der Waals surface area contributed by atoms with Crippen LogP contribution in [0.2, 0.25) is 0 Å². The first-order chi connectivity index (χ1) is 16.2. The highest BCUT2D eigenvalue weighted by Gasteiger charge is 2.36. The van der Waals surface area contributed by atoms with Gasteiger partial charge >= 0.3 is 5.97 Å². The molecule has 1 aliphatic rings. The summed E-state index contributed by atoms with van der Waals surface area (Å²) in [6.07, 6.45) is 5.55. The zero-order valence-corrected chi connectivity index (χ0v) is 17.8. The van der Waals surface area contributed by atoms with E-state index in [0.29, 0.717) is 11.3 Å². The van der Waals surface area contributed by atoms with Gasteiger partial charge in [0, 0.05) is 40.8 Å². The van der Waals surface area contributed by atoms with Crippen molar-refractivity contribution < 1.29 is 24.0 Å². The number of hydrogen-bond acceptors (Lipinski definition) is 6. The Morgan fingerprint density at radius 2 is 2.00 bits per heavy atom. The molecule has 0 spiro atoms. The van der Waals surface area contributed by atoms with Gasteiger partial charge in [0.1, 0.15) is 5.69 Å². The molecule has 2 heterocycles. The van der Waals surface area contributed by atoms with Crippen LogP contribution in [0.25, 0.3) is 22.8 Å². The van der Waals surface area contributed by atoms with Crippen LogP contribution in [-0.2, 0) is 4.79 Å². The fourth-order valence-electron chi connectivity index (χ4n) is 3.83. The topological polar surface area (TPSA) is 139 Å². The van der Waals surface area contributed by atoms with Gasteiger partial charge in [-0.3, -0.25) is 14.9 Å². The maximum Gasteiger partial charge on any atom is 0.352 e. The summed E-state index contributed by atoms with van der Waals surface area (Å²) < 4.78 is 15.2. The van der Waals surface area contributed by atoms with Gasteiger partial charge in [-0.15, -0.1) is 0 Å². The van der Waals surface area contributed by atoms with E-state index in [9.17, 15) is 24.8 Å². The number of aromatic nitrogens is 3. The Labute approximate surface area is 192 Å². The molecule has 2 aromatic heterocycles. The zero-order valence-electron chi connectivity index (χ0n) is 17.8. The summed E-state index contributed by atoms with van der Waals surface area (Å²) in [5.74, 6) is -4.64. The number of aryl methyl sites for hydroxylation is 1. The van der Waals surface area contributed by atoms with Gasteiger partial charge in [0.2, 0.25) is 5.78 Å². The van der Waals surface area contributed by atoms with E-state index in [2.05, 4.69) is 21.5 Å². The minimum atomic E-state index is -1.36. The summed E-state index contributed by atoms with van der Waals surface area (Å²) in [7, 11) is 0. The minimum Gasteiger partial charge on any atom is -0.477 e. The highest BCUT2D eigenvalue weighted by molar-refractivity contribution is 6.11. The van der Waals surface area contributed by atoms with Crippen LogP contribution in [-0.4, -0.2) is 36.7 Å². The molecule has 2 N–H and O–H groups in total. The minimum absolute atomic E-state index is 0.0249. The third-order valence-corrected chi connectivity index (χ3v) is 5.39. The number of nitro benzene ring substituents is 1. The molecule has 9 nitrogen and oxygen atoms in total. The van der Waals surface area contributed by atoms with Crippen LogP contribution >= 0.6 is 0 Å². The molecule has 10 heteroatoms. The first-order valence-electron chi connectivity index (χ1n) is 10.0. The first kappa shape index (κ1) is 22.5. The number of halogens is 1. The molecule has 0 saturated carbocycles. The molecule has 34 heavy (non-hydrogen) atoms. The number of nitro groups is 1. The molecule has 0 saturated heterocycles. The average Bonchev–Trinajstić information content (AvgIpc) is 3.20. The molecule has 170 valence electrons. The predicted molar refractivity (Wildman–Crippen MR) is 122 cm³/mol. The number of allylic oxidation sites excluding steroid dienone is 4. The second-order valence-corrected chi connectivity index (χ2v) is 7.47. The predicted octanol–water partition coefficient (Wildman–Crippen LogP) is 4.63. The summed E-state index contributed by atoms with van der Waals surface area (Å²) in [5, 5.41) is 20.8. The van der Waals surface area contributed by atoms with Crippen molar-refractivity contribution in [2.75, 3.05) is 0 Å². The Morgan fingerprint density at radius 1 is 1.29 bits per heavy atom. The van der Waals surface area contributed by atoms with Gasteiger partial charge in [0.05, 0.1) is 16.4 Å². The number of carbonyl (C=O) groups is 2. The number of nitrogens with zero attached hydrogens (tertiary/aromatic N) is 3. The first-order valence-corrected chi connectivity index (χ1v) is 10.0. The lowest BCUT2D eigenvalue weighted by Gasteiger charge is -2.19. The van der Waals surface area contributed by atoms with Crippen molar-refractivity contribution in [1.29, 1.82) is 0 Å². The van der Waals surface area contributed by atoms with Gasteiger partial charge in [0.15, 0.2) is 11.7 Å². The third kappa shape index (κ3) is 3.81. The number of carboxylic acid groups (broad SMARTS) is 1. The molecule has 1 unspecified atom stereocenters. The number of aromatic amines is 1. The molecule has 4 rings (SSSR count). The Hall–Kier alpha value is -4.73. The summed E-state index contributed by atoms with van der Waals surface area (Å²) in [4.78, 5) is 46.5. The number of ketones is 1. The van der Waals surface area contributed by atoms with E-state index in [1.54, 1.807) is 13.0 Å². The van der Waals surface area contributed by atoms with Crippen LogP contribution in [0.4, 0.5) is 10.1 Å². The SMILES string of the molecule is C=Cc1[nH]c(C(=O)O)c(C2C=CC(c3nccc(C)n3)=C(F)C2=O)c1-c1ccc([N+](=O)[O-])cc1. The molecule has 0 aliphatic heterocycles. The Morgan fingerprint density at radius 3 is 2.59 bits per heavy atom. The largest absolute Gasteiger partial charge is 0.477 e. The van der Waals surface area contributed by atoms with Gasteiger partial charge in [0.25, 0.3) is 5.69 Å². The van der Waals surface area contributed by atoms with Gasteiger partial charge < -0.3 is 10.1 Å². The molecule has 0 amide bonds. The van der Waals surface area contributed by atoms with Crippen LogP contribution in [0.15, 0.2) is 61.1 Å². The number of carboxylic acids is 1. The average molecular weight is 460 g/mol. The fraction of sp³-hybridized carbons (Fsp3) is 0.0833. The Kier molecular flexibility index (Phi) is 5.72. The van der Waals surface area contributed by atoms with Crippen LogP contribution in [0.3, 0.4) is 0 Å². The summed E-state index contributed by atoms with van der Waals surface area (Å²) in [5.41, 5.74) is 1.00. The standard InChI is InChI=1S/C24H17FN4O5/c1-3-17-18(13-4-6-14(7-5-13)29(33)34)19(21(28-17)24(31)32)15-8-9-16(20(25)22(15)30)23-26-11-10-12(2)27-23/h3-11,15,28H,1H2,2H3,(H,31,32). The summed E-state index contributed by atoms with van der Waals surface area (Å²) >= 11 is 0. The smallest absolute Gasteiger partial charge is 0.352 e. The van der Waals surface area contributed by atoms with E-state index in [1.807, 2.05) is 0 Å². The van der Waals surface area contributed by atoms with Crippen molar-refractivity contribution in [3.05, 3.63) is 99.7 Å². The molecule has 1 atom stereocenters. The van der Waals surface area contributed by atoms with Gasteiger partial charge in [-0.2, -0.15) is 0 Å². The van der Waals surface area contributed by atoms with Gasteiger partial charge in [-0.1, -0.05) is 18.7 Å². The summed E-state index contributed by atoms with van der Waals surface area (Å²) in [6, 6.07) is 7.00. The summed E-state index contributed by atoms with van der Waals surface area (Å²) in [6.45, 7) is 5.38. The highest BCUT2D eigenvalue weighted by atomic mass is 19.1. The van der Waals surface area contributed by atoms with Crippen molar-refractivity contribution in [2.45, 2.75) is 12.8 Å². The number of H-pyrrole nitrogens is 1. The number of hydrogen-bond donors (Lipinski definition) is 2. The number of Topliss-reactive ketones (excluding diaryl/α,β-unsaturated/α-hetero) is 1. The van der Waals surface area contributed by atoms with E-state index in [0.717, 1.165) is 0 Å². The maximum absolute atomic E-state index is 15.2. The van der Waals surface area contributed by atoms with Crippen LogP contribution in [0.5, 0.6) is 0 Å². The van der Waals surface area contributed by atoms with Crippen molar-refractivity contribution in [3.8, 4) is 11.1 Å². The highest BCUT2D eigenvalue weighted by Crippen LogP contribution is 2.41. The molecule has 0 radical (unpaired) electrons. The van der Waals surface area contributed by atoms with Crippen LogP contribution in [0.1, 0.15) is 39.2 Å². The van der Waals surface area contributed by atoms with Crippen molar-refractivity contribution in [2.24, 2.45) is 0 Å². The van der Waals surface area contributed by atoms with Gasteiger partial charge in [-0.25, -0.2) is 19.2 Å². The molecular formula is C24H17FN4O5. The van der Waals surface area contributed by atoms with E-state index >= 15 is 4.39 Å². The number of benzene rings is 1. The molecule has 1 aliphatic carbocycles. The Balaban J connectivity index is 1.88. The monoisotopic (exact) mass is 460 g/mol. The second-order valence-electron chi connectivity index (χ2n) is 7.47. The van der Waals surface area contributed by atoms with E-state index in [-0.39, 0.29) is 39.6 Å². The number of aromatic carboxylic acids is 1.